The van der Waals surface area contributed by atoms with Crippen molar-refractivity contribution in [3.8, 4) is 0 Å². The molecule has 1 unspecified atom stereocenters. The zero-order chi connectivity index (χ0) is 14.8. The van der Waals surface area contributed by atoms with Crippen LogP contribution in [0.1, 0.15) is 26.2 Å². The van der Waals surface area contributed by atoms with Gasteiger partial charge in [-0.1, -0.05) is 48.1 Å². The number of halogens is 3. The van der Waals surface area contributed by atoms with E-state index < -0.39 is 0 Å². The third kappa shape index (κ3) is 3.22. The highest BCUT2D eigenvalue weighted by Gasteiger charge is 2.40. The van der Waals surface area contributed by atoms with E-state index in [1.54, 1.807) is 12.1 Å². The molecule has 1 atom stereocenters. The van der Waals surface area contributed by atoms with Crippen LogP contribution in [0.2, 0.25) is 15.1 Å². The maximum absolute atomic E-state index is 12.6. The second-order valence-corrected chi connectivity index (χ2v) is 6.38. The first-order valence-electron chi connectivity index (χ1n) is 6.65. The molecule has 1 aromatic rings. The van der Waals surface area contributed by atoms with Gasteiger partial charge in [0, 0.05) is 6.54 Å². The van der Waals surface area contributed by atoms with Crippen molar-refractivity contribution < 1.29 is 4.79 Å². The minimum absolute atomic E-state index is 0.00959. The third-order valence-corrected chi connectivity index (χ3v) is 4.75. The van der Waals surface area contributed by atoms with Gasteiger partial charge in [-0.25, -0.2) is 0 Å². The highest BCUT2D eigenvalue weighted by Crippen LogP contribution is 2.36. The molecule has 1 aliphatic heterocycles. The van der Waals surface area contributed by atoms with E-state index in [0.29, 0.717) is 27.3 Å². The number of nitrogens with one attached hydrogen (secondary N) is 2. The fraction of sp³-hybridized carbons (Fsp3) is 0.500. The van der Waals surface area contributed by atoms with Crippen molar-refractivity contribution in [1.29, 1.82) is 0 Å². The number of hydrogen-bond donors (Lipinski definition) is 2. The van der Waals surface area contributed by atoms with Crippen LogP contribution >= 0.6 is 34.8 Å². The van der Waals surface area contributed by atoms with Gasteiger partial charge in [0.25, 0.3) is 0 Å². The van der Waals surface area contributed by atoms with E-state index in [4.69, 9.17) is 34.8 Å². The summed E-state index contributed by atoms with van der Waals surface area (Å²) in [6.07, 6.45) is 2.65. The van der Waals surface area contributed by atoms with Gasteiger partial charge in [0.15, 0.2) is 0 Å². The molecule has 0 saturated carbocycles. The zero-order valence-electron chi connectivity index (χ0n) is 11.2. The van der Waals surface area contributed by atoms with Crippen molar-refractivity contribution in [2.75, 3.05) is 18.4 Å². The SMILES string of the molecule is CCCC1(C(=O)Nc2cc(Cl)c(Cl)cc2Cl)CCNC1. The van der Waals surface area contributed by atoms with Crippen LogP contribution < -0.4 is 10.6 Å². The molecule has 20 heavy (non-hydrogen) atoms. The summed E-state index contributed by atoms with van der Waals surface area (Å²) in [5, 5.41) is 7.30. The Kier molecular flexibility index (Phi) is 5.19. The second-order valence-electron chi connectivity index (χ2n) is 5.16. The van der Waals surface area contributed by atoms with Crippen molar-refractivity contribution in [3.05, 3.63) is 27.2 Å². The first kappa shape index (κ1) is 15.9. The molecule has 0 aromatic heterocycles. The Bertz CT molecular complexity index is 513. The lowest BCUT2D eigenvalue weighted by Crippen LogP contribution is -2.38. The van der Waals surface area contributed by atoms with Crippen molar-refractivity contribution in [2.24, 2.45) is 5.41 Å². The van der Waals surface area contributed by atoms with Crippen molar-refractivity contribution in [3.63, 3.8) is 0 Å². The van der Waals surface area contributed by atoms with Crippen LogP contribution in [-0.2, 0) is 4.79 Å². The molecule has 2 N–H and O–H groups in total. The van der Waals surface area contributed by atoms with Crippen LogP contribution in [0.25, 0.3) is 0 Å². The minimum Gasteiger partial charge on any atom is -0.324 e. The monoisotopic (exact) mass is 334 g/mol. The van der Waals surface area contributed by atoms with E-state index >= 15 is 0 Å². The highest BCUT2D eigenvalue weighted by atomic mass is 35.5. The summed E-state index contributed by atoms with van der Waals surface area (Å²) < 4.78 is 0. The van der Waals surface area contributed by atoms with Gasteiger partial charge in [-0.15, -0.1) is 0 Å². The van der Waals surface area contributed by atoms with Gasteiger partial charge in [-0.2, -0.15) is 0 Å². The normalized spacial score (nSPS) is 22.0. The fourth-order valence-electron chi connectivity index (χ4n) is 2.62. The first-order chi connectivity index (χ1) is 9.48. The molecule has 1 amide bonds. The van der Waals surface area contributed by atoms with Gasteiger partial charge in [-0.3, -0.25) is 4.79 Å². The zero-order valence-corrected chi connectivity index (χ0v) is 13.5. The Morgan fingerprint density at radius 3 is 2.60 bits per heavy atom. The van der Waals surface area contributed by atoms with Gasteiger partial charge < -0.3 is 10.6 Å². The number of anilines is 1. The summed E-state index contributed by atoms with van der Waals surface area (Å²) in [6.45, 7) is 3.65. The van der Waals surface area contributed by atoms with Crippen molar-refractivity contribution in [1.82, 2.24) is 5.32 Å². The lowest BCUT2D eigenvalue weighted by molar-refractivity contribution is -0.125. The number of carbonyl (C=O) groups excluding carboxylic acids is 1. The Labute approximate surface area is 134 Å². The number of rotatable bonds is 4. The standard InChI is InChI=1S/C14H17Cl3N2O/c1-2-3-14(4-5-18-8-14)13(20)19-12-7-10(16)9(15)6-11(12)17/h6-7,18H,2-5,8H2,1H3,(H,19,20). The van der Waals surface area contributed by atoms with Crippen LogP contribution in [0.3, 0.4) is 0 Å². The molecular weight excluding hydrogens is 319 g/mol. The topological polar surface area (TPSA) is 41.1 Å². The number of benzene rings is 1. The number of amides is 1. The Hall–Kier alpha value is -0.480. The summed E-state index contributed by atoms with van der Waals surface area (Å²) in [5.41, 5.74) is 0.151. The Morgan fingerprint density at radius 1 is 1.30 bits per heavy atom. The maximum atomic E-state index is 12.6. The average Bonchev–Trinajstić information content (AvgIpc) is 2.86. The molecule has 110 valence electrons. The molecule has 1 aliphatic rings. The molecule has 3 nitrogen and oxygen atoms in total. The third-order valence-electron chi connectivity index (χ3n) is 3.71. The van der Waals surface area contributed by atoms with Crippen molar-refractivity contribution >= 4 is 46.4 Å². The van der Waals surface area contributed by atoms with Crippen LogP contribution in [0, 0.1) is 5.41 Å². The lowest BCUT2D eigenvalue weighted by atomic mass is 9.81. The van der Waals surface area contributed by atoms with E-state index in [1.165, 1.54) is 0 Å². The molecule has 2 rings (SSSR count). The van der Waals surface area contributed by atoms with Crippen LogP contribution in [0.4, 0.5) is 5.69 Å². The summed E-state index contributed by atoms with van der Waals surface area (Å²) in [5.74, 6) is -0.00959. The number of carbonyl (C=O) groups is 1. The van der Waals surface area contributed by atoms with Crippen molar-refractivity contribution in [2.45, 2.75) is 26.2 Å². The molecule has 1 heterocycles. The molecule has 1 saturated heterocycles. The minimum atomic E-state index is -0.357. The van der Waals surface area contributed by atoms with Crippen LogP contribution in [-0.4, -0.2) is 19.0 Å². The van der Waals surface area contributed by atoms with E-state index in [-0.39, 0.29) is 11.3 Å². The molecule has 1 aromatic carbocycles. The largest absolute Gasteiger partial charge is 0.324 e. The quantitative estimate of drug-likeness (QED) is 0.802. The second kappa shape index (κ2) is 6.52. The highest BCUT2D eigenvalue weighted by molar-refractivity contribution is 6.44. The van der Waals surface area contributed by atoms with Gasteiger partial charge in [0.05, 0.1) is 26.2 Å². The molecule has 1 fully saturated rings. The molecule has 0 aliphatic carbocycles. The maximum Gasteiger partial charge on any atom is 0.231 e. The van der Waals surface area contributed by atoms with Gasteiger partial charge in [0.2, 0.25) is 5.91 Å². The molecule has 0 bridgehead atoms. The molecule has 6 heteroatoms. The number of hydrogen-bond acceptors (Lipinski definition) is 2. The smallest absolute Gasteiger partial charge is 0.231 e. The fourth-order valence-corrected chi connectivity index (χ4v) is 3.21. The van der Waals surface area contributed by atoms with E-state index in [1.807, 2.05) is 0 Å². The Morgan fingerprint density at radius 2 is 2.00 bits per heavy atom. The first-order valence-corrected chi connectivity index (χ1v) is 7.78. The average molecular weight is 336 g/mol. The molecule has 0 radical (unpaired) electrons. The van der Waals surface area contributed by atoms with Crippen LogP contribution in [0.5, 0.6) is 0 Å². The van der Waals surface area contributed by atoms with E-state index in [0.717, 1.165) is 25.8 Å². The Balaban J connectivity index is 2.20. The summed E-state index contributed by atoms with van der Waals surface area (Å²) in [4.78, 5) is 12.6. The molecule has 0 spiro atoms. The van der Waals surface area contributed by atoms with Crippen LogP contribution in [0.15, 0.2) is 12.1 Å². The predicted molar refractivity (Wildman–Crippen MR) is 84.9 cm³/mol. The summed E-state index contributed by atoms with van der Waals surface area (Å²) in [6, 6.07) is 3.13. The summed E-state index contributed by atoms with van der Waals surface area (Å²) >= 11 is 18.0. The van der Waals surface area contributed by atoms with E-state index in [2.05, 4.69) is 17.6 Å². The van der Waals surface area contributed by atoms with Gasteiger partial charge >= 0.3 is 0 Å². The van der Waals surface area contributed by atoms with E-state index in [9.17, 15) is 4.79 Å². The summed E-state index contributed by atoms with van der Waals surface area (Å²) in [7, 11) is 0. The van der Waals surface area contributed by atoms with Gasteiger partial charge in [0.1, 0.15) is 0 Å². The van der Waals surface area contributed by atoms with Gasteiger partial charge in [-0.05, 0) is 31.5 Å². The molecular formula is C14H17Cl3N2O. The lowest BCUT2D eigenvalue weighted by Gasteiger charge is -2.26. The predicted octanol–water partition coefficient (Wildman–Crippen LogP) is 4.37.